The molecule has 0 saturated carbocycles. The largest absolute Gasteiger partial charge is 0.379 e. The maximum Gasteiger partial charge on any atom is 0.130 e. The van der Waals surface area contributed by atoms with E-state index in [1.54, 1.807) is 17.8 Å². The number of hydrogen-bond donors (Lipinski definition) is 1. The molecule has 21 heavy (non-hydrogen) atoms. The monoisotopic (exact) mass is 279 g/mol. The maximum absolute atomic E-state index is 10.9. The van der Waals surface area contributed by atoms with Crippen molar-refractivity contribution in [1.82, 2.24) is 15.0 Å². The van der Waals surface area contributed by atoms with Crippen LogP contribution in [0.4, 0.5) is 0 Å². The highest BCUT2D eigenvalue weighted by atomic mass is 16.3. The minimum absolute atomic E-state index is 0.582. The number of aromatic nitrogens is 3. The molecule has 1 unspecified atom stereocenters. The first-order valence-corrected chi connectivity index (χ1v) is 6.89. The van der Waals surface area contributed by atoms with Crippen LogP contribution in [-0.2, 0) is 12.1 Å². The standard InChI is InChI=1S/C17H17N3O/c1-17(21,15-10-6-3-7-11-15)16-12-18-19-20(16)13-14-8-4-2-5-9-14/h2-12,21H,13H2,1H3. The summed E-state index contributed by atoms with van der Waals surface area (Å²) in [5.74, 6) is 0. The van der Waals surface area contributed by atoms with Gasteiger partial charge in [-0.3, -0.25) is 0 Å². The first-order chi connectivity index (χ1) is 10.2. The molecule has 0 aliphatic rings. The highest BCUT2D eigenvalue weighted by Crippen LogP contribution is 2.28. The van der Waals surface area contributed by atoms with Gasteiger partial charge in [-0.2, -0.15) is 0 Å². The highest BCUT2D eigenvalue weighted by Gasteiger charge is 2.29. The zero-order chi connectivity index (χ0) is 14.7. The molecule has 0 aliphatic carbocycles. The Morgan fingerprint density at radius 2 is 1.62 bits per heavy atom. The van der Waals surface area contributed by atoms with Crippen LogP contribution in [0.3, 0.4) is 0 Å². The van der Waals surface area contributed by atoms with Crippen LogP contribution in [0, 0.1) is 0 Å². The molecule has 1 heterocycles. The van der Waals surface area contributed by atoms with Crippen molar-refractivity contribution in [2.24, 2.45) is 0 Å². The lowest BCUT2D eigenvalue weighted by Gasteiger charge is -2.24. The summed E-state index contributed by atoms with van der Waals surface area (Å²) in [5, 5.41) is 19.0. The molecule has 0 radical (unpaired) electrons. The van der Waals surface area contributed by atoms with Crippen LogP contribution in [0.2, 0.25) is 0 Å². The van der Waals surface area contributed by atoms with Gasteiger partial charge < -0.3 is 5.11 Å². The van der Waals surface area contributed by atoms with E-state index in [-0.39, 0.29) is 0 Å². The summed E-state index contributed by atoms with van der Waals surface area (Å²) < 4.78 is 1.74. The molecule has 1 N–H and O–H groups in total. The Morgan fingerprint density at radius 1 is 1.00 bits per heavy atom. The molecule has 0 spiro atoms. The molecule has 106 valence electrons. The van der Waals surface area contributed by atoms with Gasteiger partial charge in [0.1, 0.15) is 5.60 Å². The Kier molecular flexibility index (Phi) is 3.54. The van der Waals surface area contributed by atoms with E-state index in [1.807, 2.05) is 60.7 Å². The van der Waals surface area contributed by atoms with Gasteiger partial charge in [-0.15, -0.1) is 5.10 Å². The van der Waals surface area contributed by atoms with Crippen LogP contribution in [-0.4, -0.2) is 20.1 Å². The molecular formula is C17H17N3O. The molecule has 1 atom stereocenters. The lowest BCUT2D eigenvalue weighted by molar-refractivity contribution is 0.0921. The summed E-state index contributed by atoms with van der Waals surface area (Å²) in [7, 11) is 0. The molecule has 0 amide bonds. The van der Waals surface area contributed by atoms with Crippen molar-refractivity contribution in [3.05, 3.63) is 83.7 Å². The van der Waals surface area contributed by atoms with E-state index in [2.05, 4.69) is 10.3 Å². The minimum Gasteiger partial charge on any atom is -0.379 e. The third-order valence-corrected chi connectivity index (χ3v) is 3.63. The predicted molar refractivity (Wildman–Crippen MR) is 80.7 cm³/mol. The van der Waals surface area contributed by atoms with Crippen molar-refractivity contribution in [3.63, 3.8) is 0 Å². The lowest BCUT2D eigenvalue weighted by Crippen LogP contribution is -2.27. The molecular weight excluding hydrogens is 262 g/mol. The van der Waals surface area contributed by atoms with Crippen LogP contribution < -0.4 is 0 Å². The molecule has 2 aromatic carbocycles. The Hall–Kier alpha value is -2.46. The number of aliphatic hydroxyl groups is 1. The number of benzene rings is 2. The first-order valence-electron chi connectivity index (χ1n) is 6.89. The van der Waals surface area contributed by atoms with Crippen LogP contribution in [0.25, 0.3) is 0 Å². The van der Waals surface area contributed by atoms with E-state index in [4.69, 9.17) is 0 Å². The molecule has 3 aromatic rings. The summed E-state index contributed by atoms with van der Waals surface area (Å²) in [6.07, 6.45) is 1.62. The summed E-state index contributed by atoms with van der Waals surface area (Å²) in [5.41, 5.74) is 1.49. The fourth-order valence-electron chi connectivity index (χ4n) is 2.42. The zero-order valence-corrected chi connectivity index (χ0v) is 11.8. The van der Waals surface area contributed by atoms with Crippen molar-refractivity contribution < 1.29 is 5.11 Å². The minimum atomic E-state index is -1.13. The van der Waals surface area contributed by atoms with E-state index in [0.717, 1.165) is 11.1 Å². The summed E-state index contributed by atoms with van der Waals surface area (Å²) in [6.45, 7) is 2.35. The predicted octanol–water partition coefficient (Wildman–Crippen LogP) is 2.58. The maximum atomic E-state index is 10.9. The average molecular weight is 279 g/mol. The Labute approximate surface area is 123 Å². The van der Waals surface area contributed by atoms with Crippen LogP contribution in [0.15, 0.2) is 66.9 Å². The van der Waals surface area contributed by atoms with Gasteiger partial charge in [0.25, 0.3) is 0 Å². The molecule has 0 saturated heterocycles. The SMILES string of the molecule is CC(O)(c1ccccc1)c1cnnn1Cc1ccccc1. The van der Waals surface area contributed by atoms with Gasteiger partial charge in [0.05, 0.1) is 18.4 Å². The van der Waals surface area contributed by atoms with Crippen LogP contribution in [0.5, 0.6) is 0 Å². The number of hydrogen-bond acceptors (Lipinski definition) is 3. The molecule has 3 rings (SSSR count). The van der Waals surface area contributed by atoms with Gasteiger partial charge in [0, 0.05) is 0 Å². The second-order valence-electron chi connectivity index (χ2n) is 5.20. The van der Waals surface area contributed by atoms with Gasteiger partial charge in [0.2, 0.25) is 0 Å². The Bertz CT molecular complexity index is 705. The molecule has 0 fully saturated rings. The smallest absolute Gasteiger partial charge is 0.130 e. The fraction of sp³-hybridized carbons (Fsp3) is 0.176. The number of rotatable bonds is 4. The second-order valence-corrected chi connectivity index (χ2v) is 5.20. The van der Waals surface area contributed by atoms with E-state index >= 15 is 0 Å². The summed E-state index contributed by atoms with van der Waals surface area (Å²) >= 11 is 0. The van der Waals surface area contributed by atoms with Gasteiger partial charge in [-0.05, 0) is 18.1 Å². The Balaban J connectivity index is 1.95. The van der Waals surface area contributed by atoms with E-state index < -0.39 is 5.60 Å². The quantitative estimate of drug-likeness (QED) is 0.798. The van der Waals surface area contributed by atoms with Crippen LogP contribution in [0.1, 0.15) is 23.7 Å². The average Bonchev–Trinajstić information content (AvgIpc) is 2.98. The topological polar surface area (TPSA) is 50.9 Å². The van der Waals surface area contributed by atoms with Gasteiger partial charge >= 0.3 is 0 Å². The third-order valence-electron chi connectivity index (χ3n) is 3.63. The van der Waals surface area contributed by atoms with Crippen molar-refractivity contribution in [2.45, 2.75) is 19.1 Å². The Morgan fingerprint density at radius 3 is 2.29 bits per heavy atom. The molecule has 0 bridgehead atoms. The van der Waals surface area contributed by atoms with Gasteiger partial charge in [0.15, 0.2) is 0 Å². The summed E-state index contributed by atoms with van der Waals surface area (Å²) in [4.78, 5) is 0. The van der Waals surface area contributed by atoms with Gasteiger partial charge in [-0.1, -0.05) is 65.9 Å². The second kappa shape index (κ2) is 5.50. The van der Waals surface area contributed by atoms with Crippen molar-refractivity contribution in [1.29, 1.82) is 0 Å². The molecule has 1 aromatic heterocycles. The van der Waals surface area contributed by atoms with E-state index in [9.17, 15) is 5.11 Å². The first kappa shape index (κ1) is 13.5. The van der Waals surface area contributed by atoms with Crippen molar-refractivity contribution >= 4 is 0 Å². The third kappa shape index (κ3) is 2.71. The summed E-state index contributed by atoms with van der Waals surface area (Å²) in [6, 6.07) is 19.6. The van der Waals surface area contributed by atoms with E-state index in [1.165, 1.54) is 0 Å². The molecule has 0 aliphatic heterocycles. The normalized spacial score (nSPS) is 13.8. The molecule has 4 nitrogen and oxygen atoms in total. The highest BCUT2D eigenvalue weighted by molar-refractivity contribution is 5.30. The number of nitrogens with zero attached hydrogens (tertiary/aromatic N) is 3. The van der Waals surface area contributed by atoms with E-state index in [0.29, 0.717) is 12.2 Å². The van der Waals surface area contributed by atoms with Crippen molar-refractivity contribution in [3.8, 4) is 0 Å². The van der Waals surface area contributed by atoms with Crippen molar-refractivity contribution in [2.75, 3.05) is 0 Å². The lowest BCUT2D eigenvalue weighted by atomic mass is 9.93. The fourth-order valence-corrected chi connectivity index (χ4v) is 2.42. The zero-order valence-electron chi connectivity index (χ0n) is 11.8. The van der Waals surface area contributed by atoms with Gasteiger partial charge in [-0.25, -0.2) is 4.68 Å². The van der Waals surface area contributed by atoms with Crippen LogP contribution >= 0.6 is 0 Å². The molecule has 4 heteroatoms.